The fraction of sp³-hybridized carbons (Fsp3) is 0.316. The van der Waals surface area contributed by atoms with Crippen molar-refractivity contribution in [3.63, 3.8) is 0 Å². The predicted octanol–water partition coefficient (Wildman–Crippen LogP) is 4.62. The van der Waals surface area contributed by atoms with Crippen LogP contribution in [0, 0.1) is 6.92 Å². The second kappa shape index (κ2) is 6.85. The standard InChI is InChI=1S/C19H21BrN2O2/c1-13-11-15(20)5-8-17(13)22-18(23)21-12-19(9-10-19)14-3-6-16(24-2)7-4-14/h3-8,11H,9-10,12H2,1-2H3,(H2,21,22,23). The Morgan fingerprint density at radius 1 is 1.21 bits per heavy atom. The molecular formula is C19H21BrN2O2. The van der Waals surface area contributed by atoms with Gasteiger partial charge in [-0.3, -0.25) is 0 Å². The van der Waals surface area contributed by atoms with Gasteiger partial charge in [0.15, 0.2) is 0 Å². The minimum Gasteiger partial charge on any atom is -0.497 e. The number of aryl methyl sites for hydroxylation is 1. The lowest BCUT2D eigenvalue weighted by molar-refractivity contribution is 0.251. The Balaban J connectivity index is 1.59. The van der Waals surface area contributed by atoms with Crippen molar-refractivity contribution in [3.05, 3.63) is 58.1 Å². The molecular weight excluding hydrogens is 368 g/mol. The molecule has 1 saturated carbocycles. The Labute approximate surface area is 150 Å². The van der Waals surface area contributed by atoms with Gasteiger partial charge in [-0.1, -0.05) is 28.1 Å². The maximum Gasteiger partial charge on any atom is 0.319 e. The van der Waals surface area contributed by atoms with Gasteiger partial charge in [-0.15, -0.1) is 0 Å². The first-order valence-electron chi connectivity index (χ1n) is 7.98. The molecule has 126 valence electrons. The summed E-state index contributed by atoms with van der Waals surface area (Å²) in [6.45, 7) is 2.61. The summed E-state index contributed by atoms with van der Waals surface area (Å²) in [5.74, 6) is 0.853. The number of carbonyl (C=O) groups excluding carboxylic acids is 1. The van der Waals surface area contributed by atoms with Crippen molar-refractivity contribution >= 4 is 27.6 Å². The highest BCUT2D eigenvalue weighted by atomic mass is 79.9. The summed E-state index contributed by atoms with van der Waals surface area (Å²) >= 11 is 3.43. The van der Waals surface area contributed by atoms with E-state index >= 15 is 0 Å². The summed E-state index contributed by atoms with van der Waals surface area (Å²) in [4.78, 5) is 12.2. The van der Waals surface area contributed by atoms with E-state index in [2.05, 4.69) is 38.7 Å². The number of anilines is 1. The van der Waals surface area contributed by atoms with Gasteiger partial charge in [0.2, 0.25) is 0 Å². The van der Waals surface area contributed by atoms with Crippen LogP contribution in [0.4, 0.5) is 10.5 Å². The normalized spacial score (nSPS) is 14.8. The van der Waals surface area contributed by atoms with E-state index in [1.807, 2.05) is 37.3 Å². The van der Waals surface area contributed by atoms with Crippen LogP contribution in [0.3, 0.4) is 0 Å². The molecule has 24 heavy (non-hydrogen) atoms. The maximum atomic E-state index is 12.2. The molecule has 2 amide bonds. The summed E-state index contributed by atoms with van der Waals surface area (Å²) in [6.07, 6.45) is 2.19. The first kappa shape index (κ1) is 16.8. The highest BCUT2D eigenvalue weighted by molar-refractivity contribution is 9.10. The third-order valence-electron chi connectivity index (χ3n) is 4.58. The number of urea groups is 1. The number of halogens is 1. The van der Waals surface area contributed by atoms with Crippen molar-refractivity contribution in [1.29, 1.82) is 0 Å². The molecule has 5 heteroatoms. The molecule has 0 atom stereocenters. The molecule has 0 aliphatic heterocycles. The van der Waals surface area contributed by atoms with Crippen LogP contribution < -0.4 is 15.4 Å². The van der Waals surface area contributed by atoms with Crippen LogP contribution in [0.25, 0.3) is 0 Å². The number of carbonyl (C=O) groups is 1. The lowest BCUT2D eigenvalue weighted by Crippen LogP contribution is -2.35. The average molecular weight is 389 g/mol. The van der Waals surface area contributed by atoms with E-state index < -0.39 is 0 Å². The summed E-state index contributed by atoms with van der Waals surface area (Å²) in [5, 5.41) is 5.93. The molecule has 0 unspecified atom stereocenters. The molecule has 2 N–H and O–H groups in total. The Kier molecular flexibility index (Phi) is 4.81. The van der Waals surface area contributed by atoms with Gasteiger partial charge in [-0.25, -0.2) is 4.79 Å². The zero-order valence-electron chi connectivity index (χ0n) is 13.9. The third kappa shape index (κ3) is 3.73. The van der Waals surface area contributed by atoms with E-state index in [0.29, 0.717) is 6.54 Å². The number of nitrogens with one attached hydrogen (secondary N) is 2. The Hall–Kier alpha value is -2.01. The molecule has 0 radical (unpaired) electrons. The molecule has 1 fully saturated rings. The highest BCUT2D eigenvalue weighted by Crippen LogP contribution is 2.47. The minimum absolute atomic E-state index is 0.0678. The van der Waals surface area contributed by atoms with Crippen LogP contribution in [-0.4, -0.2) is 19.7 Å². The van der Waals surface area contributed by atoms with Gasteiger partial charge in [0.05, 0.1) is 7.11 Å². The SMILES string of the molecule is COc1ccc(C2(CNC(=O)Nc3ccc(Br)cc3C)CC2)cc1. The molecule has 4 nitrogen and oxygen atoms in total. The second-order valence-corrected chi connectivity index (χ2v) is 7.19. The quantitative estimate of drug-likeness (QED) is 0.784. The largest absolute Gasteiger partial charge is 0.497 e. The van der Waals surface area contributed by atoms with Gasteiger partial charge in [-0.05, 0) is 61.2 Å². The Morgan fingerprint density at radius 3 is 2.50 bits per heavy atom. The first-order chi connectivity index (χ1) is 11.5. The lowest BCUT2D eigenvalue weighted by atomic mass is 9.96. The first-order valence-corrected chi connectivity index (χ1v) is 8.77. The monoisotopic (exact) mass is 388 g/mol. The van der Waals surface area contributed by atoms with Gasteiger partial charge in [0, 0.05) is 22.1 Å². The molecule has 0 bridgehead atoms. The van der Waals surface area contributed by atoms with Gasteiger partial charge in [0.1, 0.15) is 5.75 Å². The van der Waals surface area contributed by atoms with E-state index in [1.54, 1.807) is 7.11 Å². The van der Waals surface area contributed by atoms with Crippen LogP contribution in [0.1, 0.15) is 24.0 Å². The van der Waals surface area contributed by atoms with E-state index in [4.69, 9.17) is 4.74 Å². The van der Waals surface area contributed by atoms with Gasteiger partial charge in [0.25, 0.3) is 0 Å². The van der Waals surface area contributed by atoms with Crippen molar-refractivity contribution in [2.24, 2.45) is 0 Å². The molecule has 3 rings (SSSR count). The zero-order valence-corrected chi connectivity index (χ0v) is 15.4. The van der Waals surface area contributed by atoms with E-state index in [0.717, 1.165) is 34.3 Å². The van der Waals surface area contributed by atoms with Gasteiger partial charge >= 0.3 is 6.03 Å². The number of hydrogen-bond acceptors (Lipinski definition) is 2. The van der Waals surface area contributed by atoms with Crippen LogP contribution in [0.2, 0.25) is 0 Å². The molecule has 0 heterocycles. The van der Waals surface area contributed by atoms with Gasteiger partial charge in [-0.2, -0.15) is 0 Å². The molecule has 0 saturated heterocycles. The fourth-order valence-corrected chi connectivity index (χ4v) is 3.32. The summed E-state index contributed by atoms with van der Waals surface area (Å²) in [5.41, 5.74) is 3.17. The summed E-state index contributed by atoms with van der Waals surface area (Å²) in [7, 11) is 1.66. The predicted molar refractivity (Wildman–Crippen MR) is 99.8 cm³/mol. The molecule has 2 aromatic carbocycles. The minimum atomic E-state index is -0.166. The second-order valence-electron chi connectivity index (χ2n) is 6.28. The number of methoxy groups -OCH3 is 1. The number of hydrogen-bond donors (Lipinski definition) is 2. The molecule has 1 aliphatic rings. The van der Waals surface area contributed by atoms with E-state index in [-0.39, 0.29) is 11.4 Å². The average Bonchev–Trinajstić information content (AvgIpc) is 3.37. The Bertz CT molecular complexity index is 740. The summed E-state index contributed by atoms with van der Waals surface area (Å²) in [6, 6.07) is 13.8. The molecule has 0 spiro atoms. The number of ether oxygens (including phenoxy) is 1. The van der Waals surface area contributed by atoms with Crippen molar-refractivity contribution in [2.75, 3.05) is 19.0 Å². The Morgan fingerprint density at radius 2 is 1.92 bits per heavy atom. The molecule has 2 aromatic rings. The molecule has 1 aliphatic carbocycles. The zero-order chi connectivity index (χ0) is 17.2. The number of rotatable bonds is 5. The lowest BCUT2D eigenvalue weighted by Gasteiger charge is -2.18. The van der Waals surface area contributed by atoms with Crippen LogP contribution in [0.15, 0.2) is 46.9 Å². The van der Waals surface area contributed by atoms with Crippen LogP contribution >= 0.6 is 15.9 Å². The van der Waals surface area contributed by atoms with Crippen LogP contribution in [-0.2, 0) is 5.41 Å². The number of amides is 2. The van der Waals surface area contributed by atoms with Crippen LogP contribution in [0.5, 0.6) is 5.75 Å². The van der Waals surface area contributed by atoms with Crippen molar-refractivity contribution in [1.82, 2.24) is 5.32 Å². The fourth-order valence-electron chi connectivity index (χ4n) is 2.85. The van der Waals surface area contributed by atoms with Gasteiger partial charge < -0.3 is 15.4 Å². The third-order valence-corrected chi connectivity index (χ3v) is 5.07. The van der Waals surface area contributed by atoms with Crippen molar-refractivity contribution in [3.8, 4) is 5.75 Å². The van der Waals surface area contributed by atoms with Crippen molar-refractivity contribution in [2.45, 2.75) is 25.2 Å². The number of benzene rings is 2. The summed E-state index contributed by atoms with van der Waals surface area (Å²) < 4.78 is 6.21. The molecule has 0 aromatic heterocycles. The highest BCUT2D eigenvalue weighted by Gasteiger charge is 2.44. The van der Waals surface area contributed by atoms with E-state index in [1.165, 1.54) is 5.56 Å². The smallest absolute Gasteiger partial charge is 0.319 e. The van der Waals surface area contributed by atoms with E-state index in [9.17, 15) is 4.79 Å². The maximum absolute atomic E-state index is 12.2. The topological polar surface area (TPSA) is 50.4 Å². The van der Waals surface area contributed by atoms with Crippen molar-refractivity contribution < 1.29 is 9.53 Å².